The predicted octanol–water partition coefficient (Wildman–Crippen LogP) is 4.44. The highest BCUT2D eigenvalue weighted by Gasteiger charge is 2.28. The Bertz CT molecular complexity index is 914. The molecule has 3 aromatic rings. The van der Waals surface area contributed by atoms with Crippen LogP contribution in [0.4, 0.5) is 0 Å². The molecule has 4 nitrogen and oxygen atoms in total. The fraction of sp³-hybridized carbons (Fsp3) is 0.318. The molecule has 1 fully saturated rings. The van der Waals surface area contributed by atoms with Crippen LogP contribution in [-0.2, 0) is 4.74 Å². The molecule has 0 spiro atoms. The van der Waals surface area contributed by atoms with E-state index in [1.165, 1.54) is 0 Å². The van der Waals surface area contributed by atoms with Crippen LogP contribution in [0.2, 0.25) is 0 Å². The highest BCUT2D eigenvalue weighted by Crippen LogP contribution is 2.28. The SMILES string of the molecule is CC(C)n1cc(C(=O)N2CCO[C@@H](c3ccccc3)C2)c2ccccc21. The van der Waals surface area contributed by atoms with E-state index in [2.05, 4.69) is 36.6 Å². The van der Waals surface area contributed by atoms with Crippen molar-refractivity contribution in [1.29, 1.82) is 0 Å². The number of amides is 1. The number of nitrogens with zero attached hydrogens (tertiary/aromatic N) is 2. The molecule has 1 aromatic heterocycles. The first-order valence-electron chi connectivity index (χ1n) is 9.20. The maximum absolute atomic E-state index is 13.3. The highest BCUT2D eigenvalue weighted by atomic mass is 16.5. The number of benzene rings is 2. The van der Waals surface area contributed by atoms with Crippen LogP contribution < -0.4 is 0 Å². The lowest BCUT2D eigenvalue weighted by Crippen LogP contribution is -2.42. The second-order valence-electron chi connectivity index (χ2n) is 7.08. The first-order chi connectivity index (χ1) is 12.6. The number of hydrogen-bond donors (Lipinski definition) is 0. The second-order valence-corrected chi connectivity index (χ2v) is 7.08. The summed E-state index contributed by atoms with van der Waals surface area (Å²) in [5.74, 6) is 0.0878. The van der Waals surface area contributed by atoms with Gasteiger partial charge in [0.15, 0.2) is 0 Å². The van der Waals surface area contributed by atoms with Crippen molar-refractivity contribution < 1.29 is 9.53 Å². The van der Waals surface area contributed by atoms with Gasteiger partial charge < -0.3 is 14.2 Å². The molecule has 1 saturated heterocycles. The Balaban J connectivity index is 1.64. The van der Waals surface area contributed by atoms with Crippen LogP contribution in [0.15, 0.2) is 60.8 Å². The van der Waals surface area contributed by atoms with Gasteiger partial charge in [-0.3, -0.25) is 4.79 Å². The molecule has 1 aliphatic rings. The molecular formula is C22H24N2O2. The zero-order valence-electron chi connectivity index (χ0n) is 15.3. The van der Waals surface area contributed by atoms with Crippen LogP contribution >= 0.6 is 0 Å². The van der Waals surface area contributed by atoms with Crippen molar-refractivity contribution in [1.82, 2.24) is 9.47 Å². The van der Waals surface area contributed by atoms with Gasteiger partial charge >= 0.3 is 0 Å². The summed E-state index contributed by atoms with van der Waals surface area (Å²) in [4.78, 5) is 15.2. The molecule has 4 rings (SSSR count). The Hall–Kier alpha value is -2.59. The first kappa shape index (κ1) is 16.9. The average Bonchev–Trinajstić information content (AvgIpc) is 3.08. The number of hydrogen-bond acceptors (Lipinski definition) is 2. The van der Waals surface area contributed by atoms with Crippen molar-refractivity contribution in [2.24, 2.45) is 0 Å². The van der Waals surface area contributed by atoms with Crippen LogP contribution in [0.5, 0.6) is 0 Å². The fourth-order valence-corrected chi connectivity index (χ4v) is 3.68. The molecule has 134 valence electrons. The molecule has 0 radical (unpaired) electrons. The molecule has 2 aromatic carbocycles. The van der Waals surface area contributed by atoms with Crippen LogP contribution in [-0.4, -0.2) is 35.1 Å². The third kappa shape index (κ3) is 3.01. The summed E-state index contributed by atoms with van der Waals surface area (Å²) in [5.41, 5.74) is 3.01. The molecule has 0 bridgehead atoms. The zero-order chi connectivity index (χ0) is 18.1. The first-order valence-corrected chi connectivity index (χ1v) is 9.20. The van der Waals surface area contributed by atoms with Gasteiger partial charge in [-0.2, -0.15) is 0 Å². The lowest BCUT2D eigenvalue weighted by atomic mass is 10.1. The van der Waals surface area contributed by atoms with E-state index in [0.717, 1.165) is 22.0 Å². The standard InChI is InChI=1S/C22H24N2O2/c1-16(2)24-14-19(18-10-6-7-11-20(18)24)22(25)23-12-13-26-21(15-23)17-8-4-3-5-9-17/h3-11,14,16,21H,12-13,15H2,1-2H3/t21-/m1/s1. The van der Waals surface area contributed by atoms with Gasteiger partial charge in [-0.25, -0.2) is 0 Å². The number of rotatable bonds is 3. The molecular weight excluding hydrogens is 324 g/mol. The Morgan fingerprint density at radius 3 is 2.58 bits per heavy atom. The zero-order valence-corrected chi connectivity index (χ0v) is 15.3. The van der Waals surface area contributed by atoms with Crippen LogP contribution in [0.25, 0.3) is 10.9 Å². The van der Waals surface area contributed by atoms with Crippen molar-refractivity contribution >= 4 is 16.8 Å². The number of ether oxygens (including phenoxy) is 1. The van der Waals surface area contributed by atoms with E-state index in [1.807, 2.05) is 47.5 Å². The largest absolute Gasteiger partial charge is 0.370 e. The van der Waals surface area contributed by atoms with Gasteiger partial charge in [-0.1, -0.05) is 48.5 Å². The number of carbonyl (C=O) groups excluding carboxylic acids is 1. The minimum atomic E-state index is -0.0626. The van der Waals surface area contributed by atoms with E-state index < -0.39 is 0 Å². The van der Waals surface area contributed by atoms with E-state index in [4.69, 9.17) is 4.74 Å². The van der Waals surface area contributed by atoms with E-state index in [1.54, 1.807) is 0 Å². The molecule has 0 saturated carbocycles. The lowest BCUT2D eigenvalue weighted by molar-refractivity contribution is -0.0227. The van der Waals surface area contributed by atoms with Crippen molar-refractivity contribution in [2.45, 2.75) is 26.0 Å². The van der Waals surface area contributed by atoms with Gasteiger partial charge in [0.25, 0.3) is 5.91 Å². The maximum atomic E-state index is 13.3. The summed E-state index contributed by atoms with van der Waals surface area (Å²) in [7, 11) is 0. The molecule has 0 N–H and O–H groups in total. The summed E-state index contributed by atoms with van der Waals surface area (Å²) >= 11 is 0. The number of carbonyl (C=O) groups is 1. The molecule has 4 heteroatoms. The molecule has 0 unspecified atom stereocenters. The third-order valence-electron chi connectivity index (χ3n) is 5.05. The summed E-state index contributed by atoms with van der Waals surface area (Å²) in [5, 5.41) is 1.02. The van der Waals surface area contributed by atoms with Crippen LogP contribution in [0.3, 0.4) is 0 Å². The molecule has 1 aliphatic heterocycles. The number of aromatic nitrogens is 1. The summed E-state index contributed by atoms with van der Waals surface area (Å²) in [6.07, 6.45) is 1.94. The highest BCUT2D eigenvalue weighted by molar-refractivity contribution is 6.07. The van der Waals surface area contributed by atoms with Crippen molar-refractivity contribution in [3.05, 3.63) is 71.9 Å². The molecule has 2 heterocycles. The van der Waals surface area contributed by atoms with E-state index in [-0.39, 0.29) is 12.0 Å². The molecule has 26 heavy (non-hydrogen) atoms. The Kier molecular flexibility index (Phi) is 4.51. The van der Waals surface area contributed by atoms with Crippen molar-refractivity contribution in [3.63, 3.8) is 0 Å². The van der Waals surface area contributed by atoms with Gasteiger partial charge in [0.2, 0.25) is 0 Å². The third-order valence-corrected chi connectivity index (χ3v) is 5.05. The van der Waals surface area contributed by atoms with E-state index >= 15 is 0 Å². The minimum absolute atomic E-state index is 0.0626. The van der Waals surface area contributed by atoms with E-state index in [0.29, 0.717) is 25.7 Å². The number of para-hydroxylation sites is 1. The van der Waals surface area contributed by atoms with E-state index in [9.17, 15) is 4.79 Å². The van der Waals surface area contributed by atoms with Crippen LogP contribution in [0, 0.1) is 0 Å². The molecule has 0 aliphatic carbocycles. The Morgan fingerprint density at radius 1 is 1.08 bits per heavy atom. The molecule has 1 atom stereocenters. The van der Waals surface area contributed by atoms with Crippen LogP contribution in [0.1, 0.15) is 41.9 Å². The smallest absolute Gasteiger partial charge is 0.256 e. The average molecular weight is 348 g/mol. The summed E-state index contributed by atoms with van der Waals surface area (Å²) < 4.78 is 8.09. The summed E-state index contributed by atoms with van der Waals surface area (Å²) in [6.45, 7) is 6.06. The quantitative estimate of drug-likeness (QED) is 0.701. The maximum Gasteiger partial charge on any atom is 0.256 e. The monoisotopic (exact) mass is 348 g/mol. The number of morpholine rings is 1. The van der Waals surface area contributed by atoms with Gasteiger partial charge in [0, 0.05) is 29.7 Å². The number of fused-ring (bicyclic) bond motifs is 1. The Labute approximate surface area is 154 Å². The van der Waals surface area contributed by atoms with Gasteiger partial charge in [0.1, 0.15) is 6.10 Å². The fourth-order valence-electron chi connectivity index (χ4n) is 3.68. The topological polar surface area (TPSA) is 34.5 Å². The summed E-state index contributed by atoms with van der Waals surface area (Å²) in [6, 6.07) is 18.6. The molecule has 1 amide bonds. The van der Waals surface area contributed by atoms with Gasteiger partial charge in [-0.15, -0.1) is 0 Å². The Morgan fingerprint density at radius 2 is 1.81 bits per heavy atom. The predicted molar refractivity (Wildman–Crippen MR) is 103 cm³/mol. The lowest BCUT2D eigenvalue weighted by Gasteiger charge is -2.33. The van der Waals surface area contributed by atoms with Gasteiger partial charge in [-0.05, 0) is 25.5 Å². The van der Waals surface area contributed by atoms with Gasteiger partial charge in [0.05, 0.1) is 18.7 Å². The van der Waals surface area contributed by atoms with Crippen molar-refractivity contribution in [2.75, 3.05) is 19.7 Å². The van der Waals surface area contributed by atoms with Crippen molar-refractivity contribution in [3.8, 4) is 0 Å². The normalized spacial score (nSPS) is 17.8. The second kappa shape index (κ2) is 6.96. The minimum Gasteiger partial charge on any atom is -0.370 e.